The van der Waals surface area contributed by atoms with E-state index in [1.54, 1.807) is 22.9 Å². The summed E-state index contributed by atoms with van der Waals surface area (Å²) in [7, 11) is 0. The molecule has 0 atom stereocenters. The minimum Gasteiger partial charge on any atom is -0.282 e. The smallest absolute Gasteiger partial charge is 0.261 e. The Kier molecular flexibility index (Phi) is 6.18. The van der Waals surface area contributed by atoms with Crippen molar-refractivity contribution in [1.29, 1.82) is 0 Å². The minimum atomic E-state index is -0.0658. The molecule has 1 amide bonds. The Morgan fingerprint density at radius 3 is 2.83 bits per heavy atom. The molecule has 5 nitrogen and oxygen atoms in total. The molecular formula is C21H19ClN4OS2. The fraction of sp³-hybridized carbons (Fsp3) is 0.190. The molecule has 0 unspecified atom stereocenters. The number of hydrogen-bond acceptors (Lipinski definition) is 5. The van der Waals surface area contributed by atoms with E-state index in [2.05, 4.69) is 17.0 Å². The van der Waals surface area contributed by atoms with Crippen molar-refractivity contribution in [2.45, 2.75) is 18.4 Å². The van der Waals surface area contributed by atoms with Gasteiger partial charge in [0.1, 0.15) is 5.52 Å². The Hall–Kier alpha value is -2.35. The normalized spacial score (nSPS) is 11.1. The highest BCUT2D eigenvalue weighted by molar-refractivity contribution is 7.99. The maximum Gasteiger partial charge on any atom is 0.261 e. The first kappa shape index (κ1) is 19.9. The number of hydrogen-bond donors (Lipinski definition) is 0. The summed E-state index contributed by atoms with van der Waals surface area (Å²) in [5.74, 6) is 0.831. The molecule has 0 aliphatic carbocycles. The zero-order valence-corrected chi connectivity index (χ0v) is 18.2. The lowest BCUT2D eigenvalue weighted by Gasteiger charge is -2.21. The lowest BCUT2D eigenvalue weighted by atomic mass is 10.2. The zero-order chi connectivity index (χ0) is 20.2. The van der Waals surface area contributed by atoms with E-state index in [1.165, 1.54) is 11.3 Å². The Labute approximate surface area is 182 Å². The van der Waals surface area contributed by atoms with E-state index in [-0.39, 0.29) is 5.91 Å². The van der Waals surface area contributed by atoms with E-state index in [9.17, 15) is 4.79 Å². The van der Waals surface area contributed by atoms with Crippen molar-refractivity contribution in [2.75, 3.05) is 17.2 Å². The van der Waals surface area contributed by atoms with E-state index < -0.39 is 0 Å². The molecule has 29 heavy (non-hydrogen) atoms. The second-order valence-corrected chi connectivity index (χ2v) is 8.96. The van der Waals surface area contributed by atoms with Gasteiger partial charge in [0.05, 0.1) is 21.8 Å². The predicted octanol–water partition coefficient (Wildman–Crippen LogP) is 5.61. The number of amides is 1. The quantitative estimate of drug-likeness (QED) is 0.349. The third-order valence-corrected chi connectivity index (χ3v) is 6.67. The largest absolute Gasteiger partial charge is 0.282 e. The second kappa shape index (κ2) is 8.98. The second-order valence-electron chi connectivity index (χ2n) is 6.24. The summed E-state index contributed by atoms with van der Waals surface area (Å²) in [6.45, 7) is 3.12. The molecule has 0 radical (unpaired) electrons. The molecular weight excluding hydrogens is 424 g/mol. The van der Waals surface area contributed by atoms with Crippen LogP contribution in [-0.4, -0.2) is 33.0 Å². The van der Waals surface area contributed by atoms with E-state index in [0.29, 0.717) is 28.8 Å². The number of nitrogens with zero attached hydrogens (tertiary/aromatic N) is 4. The number of anilines is 1. The van der Waals surface area contributed by atoms with Crippen LogP contribution >= 0.6 is 34.7 Å². The SMILES string of the molecule is CCSc1ccccc1C(=O)N(CCn1cccn1)c1nc2c(Cl)cccc2s1. The van der Waals surface area contributed by atoms with Crippen LogP contribution in [0.25, 0.3) is 10.2 Å². The molecule has 4 aromatic rings. The van der Waals surface area contributed by atoms with Crippen molar-refractivity contribution in [3.05, 3.63) is 71.5 Å². The van der Waals surface area contributed by atoms with Gasteiger partial charge in [-0.2, -0.15) is 5.10 Å². The summed E-state index contributed by atoms with van der Waals surface area (Å²) < 4.78 is 2.77. The third-order valence-electron chi connectivity index (χ3n) is 4.36. The first-order valence-corrected chi connectivity index (χ1v) is 11.4. The van der Waals surface area contributed by atoms with Gasteiger partial charge >= 0.3 is 0 Å². The number of benzene rings is 2. The number of halogens is 1. The van der Waals surface area contributed by atoms with Crippen LogP contribution in [0.5, 0.6) is 0 Å². The highest BCUT2D eigenvalue weighted by atomic mass is 35.5. The molecule has 8 heteroatoms. The fourth-order valence-corrected chi connectivity index (χ4v) is 5.09. The fourth-order valence-electron chi connectivity index (χ4n) is 3.01. The first-order valence-electron chi connectivity index (χ1n) is 9.23. The standard InChI is InChI=1S/C21H19ClN4OS2/c1-2-28-17-9-4-3-7-15(17)20(27)26(14-13-25-12-6-11-23-25)21-24-19-16(22)8-5-10-18(19)29-21/h3-12H,2,13-14H2,1H3. The van der Waals surface area contributed by atoms with Gasteiger partial charge in [-0.1, -0.05) is 48.1 Å². The maximum absolute atomic E-state index is 13.6. The molecule has 0 aliphatic heterocycles. The summed E-state index contributed by atoms with van der Waals surface area (Å²) in [5, 5.41) is 5.48. The molecule has 4 rings (SSSR count). The van der Waals surface area contributed by atoms with E-state index in [0.717, 1.165) is 20.9 Å². The number of thiazole rings is 1. The number of aromatic nitrogens is 3. The van der Waals surface area contributed by atoms with Gasteiger partial charge in [-0.25, -0.2) is 4.98 Å². The molecule has 2 heterocycles. The number of thioether (sulfide) groups is 1. The van der Waals surface area contributed by atoms with E-state index >= 15 is 0 Å². The Morgan fingerprint density at radius 1 is 1.21 bits per heavy atom. The van der Waals surface area contributed by atoms with Gasteiger partial charge in [-0.3, -0.25) is 14.4 Å². The first-order chi connectivity index (χ1) is 14.2. The Bertz CT molecular complexity index is 1130. The van der Waals surface area contributed by atoms with Crippen LogP contribution in [0.3, 0.4) is 0 Å². The van der Waals surface area contributed by atoms with Gasteiger partial charge in [-0.05, 0) is 36.1 Å². The molecule has 2 aromatic carbocycles. The zero-order valence-electron chi connectivity index (χ0n) is 15.8. The Balaban J connectivity index is 1.73. The van der Waals surface area contributed by atoms with Crippen LogP contribution in [-0.2, 0) is 6.54 Å². The monoisotopic (exact) mass is 442 g/mol. The molecule has 0 saturated heterocycles. The predicted molar refractivity (Wildman–Crippen MR) is 121 cm³/mol. The molecule has 2 aromatic heterocycles. The average Bonchev–Trinajstić information content (AvgIpc) is 3.39. The lowest BCUT2D eigenvalue weighted by molar-refractivity contribution is 0.0983. The number of para-hydroxylation sites is 1. The van der Waals surface area contributed by atoms with Crippen molar-refractivity contribution in [3.63, 3.8) is 0 Å². The van der Waals surface area contributed by atoms with Crippen LogP contribution in [0.1, 0.15) is 17.3 Å². The van der Waals surface area contributed by atoms with Gasteiger partial charge in [0.2, 0.25) is 0 Å². The lowest BCUT2D eigenvalue weighted by Crippen LogP contribution is -2.34. The molecule has 0 aliphatic rings. The molecule has 0 saturated carbocycles. The summed E-state index contributed by atoms with van der Waals surface area (Å²) >= 11 is 9.45. The molecule has 0 N–H and O–H groups in total. The van der Waals surface area contributed by atoms with Gasteiger partial charge in [-0.15, -0.1) is 11.8 Å². The van der Waals surface area contributed by atoms with Gasteiger partial charge in [0.15, 0.2) is 5.13 Å². The molecule has 0 spiro atoms. The minimum absolute atomic E-state index is 0.0658. The van der Waals surface area contributed by atoms with Crippen molar-refractivity contribution >= 4 is 56.0 Å². The van der Waals surface area contributed by atoms with Crippen LogP contribution < -0.4 is 4.90 Å². The summed E-state index contributed by atoms with van der Waals surface area (Å²) in [5.41, 5.74) is 1.41. The summed E-state index contributed by atoms with van der Waals surface area (Å²) in [6.07, 6.45) is 3.62. The average molecular weight is 443 g/mol. The van der Waals surface area contributed by atoms with Crippen molar-refractivity contribution in [1.82, 2.24) is 14.8 Å². The van der Waals surface area contributed by atoms with E-state index in [1.807, 2.05) is 59.4 Å². The van der Waals surface area contributed by atoms with E-state index in [4.69, 9.17) is 11.6 Å². The number of fused-ring (bicyclic) bond motifs is 1. The molecule has 0 fully saturated rings. The highest BCUT2D eigenvalue weighted by Crippen LogP contribution is 2.34. The highest BCUT2D eigenvalue weighted by Gasteiger charge is 2.24. The van der Waals surface area contributed by atoms with Gasteiger partial charge in [0.25, 0.3) is 5.91 Å². The maximum atomic E-state index is 13.6. The third kappa shape index (κ3) is 4.32. The van der Waals surface area contributed by atoms with Gasteiger partial charge < -0.3 is 0 Å². The molecule has 148 valence electrons. The number of carbonyl (C=O) groups excluding carboxylic acids is 1. The van der Waals surface area contributed by atoms with Gasteiger partial charge in [0, 0.05) is 23.8 Å². The van der Waals surface area contributed by atoms with Crippen molar-refractivity contribution < 1.29 is 4.79 Å². The van der Waals surface area contributed by atoms with Crippen LogP contribution in [0.2, 0.25) is 5.02 Å². The number of carbonyl (C=O) groups is 1. The van der Waals surface area contributed by atoms with Crippen molar-refractivity contribution in [2.24, 2.45) is 0 Å². The molecule has 0 bridgehead atoms. The topological polar surface area (TPSA) is 51.0 Å². The van der Waals surface area contributed by atoms with Crippen LogP contribution in [0.4, 0.5) is 5.13 Å². The summed E-state index contributed by atoms with van der Waals surface area (Å²) in [6, 6.07) is 15.3. The summed E-state index contributed by atoms with van der Waals surface area (Å²) in [4.78, 5) is 21.0. The number of rotatable bonds is 7. The van der Waals surface area contributed by atoms with Crippen LogP contribution in [0.15, 0.2) is 65.8 Å². The Morgan fingerprint density at radius 2 is 2.07 bits per heavy atom. The van der Waals surface area contributed by atoms with Crippen LogP contribution in [0, 0.1) is 0 Å². The van der Waals surface area contributed by atoms with Crippen molar-refractivity contribution in [3.8, 4) is 0 Å².